The van der Waals surface area contributed by atoms with Crippen LogP contribution in [0.3, 0.4) is 0 Å². The lowest BCUT2D eigenvalue weighted by Crippen LogP contribution is -2.55. The lowest BCUT2D eigenvalue weighted by Gasteiger charge is -2.37. The molecule has 1 N–H and O–H groups in total. The highest BCUT2D eigenvalue weighted by atomic mass is 16.5. The Kier molecular flexibility index (Phi) is 7.54. The van der Waals surface area contributed by atoms with Crippen molar-refractivity contribution in [1.82, 2.24) is 10.2 Å². The predicted octanol–water partition coefficient (Wildman–Crippen LogP) is 0.555. The lowest BCUT2D eigenvalue weighted by atomic mass is 10.00. The van der Waals surface area contributed by atoms with Crippen molar-refractivity contribution >= 4 is 11.9 Å². The van der Waals surface area contributed by atoms with Crippen LogP contribution in [-0.2, 0) is 19.1 Å². The third-order valence-corrected chi connectivity index (χ3v) is 3.59. The van der Waals surface area contributed by atoms with Gasteiger partial charge in [0, 0.05) is 13.7 Å². The second kappa shape index (κ2) is 8.92. The zero-order chi connectivity index (χ0) is 15.0. The minimum Gasteiger partial charge on any atom is -0.465 e. The molecule has 6 nitrogen and oxygen atoms in total. The SMILES string of the molecule is CCOC(=O)C1CCCCN1C(C)C(=O)NCCOC. The maximum Gasteiger partial charge on any atom is 0.323 e. The van der Waals surface area contributed by atoms with Crippen LogP contribution in [0.15, 0.2) is 0 Å². The van der Waals surface area contributed by atoms with Crippen LogP contribution in [-0.4, -0.2) is 62.3 Å². The molecule has 0 radical (unpaired) electrons. The van der Waals surface area contributed by atoms with E-state index in [1.807, 2.05) is 11.8 Å². The highest BCUT2D eigenvalue weighted by Crippen LogP contribution is 2.20. The van der Waals surface area contributed by atoms with Crippen molar-refractivity contribution in [1.29, 1.82) is 0 Å². The summed E-state index contributed by atoms with van der Waals surface area (Å²) in [6.07, 6.45) is 2.76. The lowest BCUT2D eigenvalue weighted by molar-refractivity contribution is -0.153. The summed E-state index contributed by atoms with van der Waals surface area (Å²) >= 11 is 0. The Balaban J connectivity index is 2.59. The van der Waals surface area contributed by atoms with Crippen LogP contribution < -0.4 is 5.32 Å². The average Bonchev–Trinajstić information content (AvgIpc) is 2.47. The summed E-state index contributed by atoms with van der Waals surface area (Å²) < 4.78 is 10.0. The number of rotatable bonds is 7. The molecule has 1 fully saturated rings. The zero-order valence-corrected chi connectivity index (χ0v) is 12.7. The molecule has 116 valence electrons. The number of methoxy groups -OCH3 is 1. The first-order valence-electron chi connectivity index (χ1n) is 7.30. The number of likely N-dealkylation sites (tertiary alicyclic amines) is 1. The highest BCUT2D eigenvalue weighted by molar-refractivity contribution is 5.83. The fraction of sp³-hybridized carbons (Fsp3) is 0.857. The molecule has 0 aromatic carbocycles. The van der Waals surface area contributed by atoms with Gasteiger partial charge in [0.15, 0.2) is 0 Å². The number of nitrogens with zero attached hydrogens (tertiary/aromatic N) is 1. The third kappa shape index (κ3) is 4.76. The van der Waals surface area contributed by atoms with Crippen LogP contribution in [0.5, 0.6) is 0 Å². The smallest absolute Gasteiger partial charge is 0.323 e. The quantitative estimate of drug-likeness (QED) is 0.547. The molecule has 2 unspecified atom stereocenters. The Morgan fingerprint density at radius 3 is 2.80 bits per heavy atom. The van der Waals surface area contributed by atoms with Crippen molar-refractivity contribution in [3.05, 3.63) is 0 Å². The van der Waals surface area contributed by atoms with E-state index in [1.54, 1.807) is 14.0 Å². The number of hydrogen-bond donors (Lipinski definition) is 1. The van der Waals surface area contributed by atoms with Crippen molar-refractivity contribution < 1.29 is 19.1 Å². The van der Waals surface area contributed by atoms with Gasteiger partial charge in [-0.2, -0.15) is 0 Å². The molecule has 1 saturated heterocycles. The summed E-state index contributed by atoms with van der Waals surface area (Å²) in [6, 6.07) is -0.631. The maximum atomic E-state index is 12.1. The van der Waals surface area contributed by atoms with E-state index in [1.165, 1.54) is 0 Å². The molecule has 6 heteroatoms. The van der Waals surface area contributed by atoms with E-state index in [-0.39, 0.29) is 24.0 Å². The molecular weight excluding hydrogens is 260 g/mol. The minimum absolute atomic E-state index is 0.0711. The van der Waals surface area contributed by atoms with Gasteiger partial charge in [-0.1, -0.05) is 6.42 Å². The van der Waals surface area contributed by atoms with Gasteiger partial charge in [-0.15, -0.1) is 0 Å². The molecule has 2 atom stereocenters. The Morgan fingerprint density at radius 2 is 2.15 bits per heavy atom. The number of carbonyl (C=O) groups excluding carboxylic acids is 2. The fourth-order valence-electron chi connectivity index (χ4n) is 2.48. The van der Waals surface area contributed by atoms with Gasteiger partial charge in [-0.25, -0.2) is 0 Å². The summed E-state index contributed by atoms with van der Waals surface area (Å²) in [7, 11) is 1.59. The number of hydrogen-bond acceptors (Lipinski definition) is 5. The monoisotopic (exact) mass is 286 g/mol. The number of carbonyl (C=O) groups is 2. The van der Waals surface area contributed by atoms with E-state index in [4.69, 9.17) is 9.47 Å². The molecule has 0 aromatic heterocycles. The van der Waals surface area contributed by atoms with Crippen LogP contribution in [0.4, 0.5) is 0 Å². The predicted molar refractivity (Wildman–Crippen MR) is 75.3 cm³/mol. The molecule has 1 aliphatic rings. The molecule has 0 aromatic rings. The van der Waals surface area contributed by atoms with Crippen molar-refractivity contribution in [3.63, 3.8) is 0 Å². The minimum atomic E-state index is -0.332. The number of ether oxygens (including phenoxy) is 2. The van der Waals surface area contributed by atoms with Crippen molar-refractivity contribution in [2.75, 3.05) is 33.4 Å². The van der Waals surface area contributed by atoms with Crippen molar-refractivity contribution in [3.8, 4) is 0 Å². The summed E-state index contributed by atoms with van der Waals surface area (Å²) in [6.45, 7) is 5.73. The van der Waals surface area contributed by atoms with Gasteiger partial charge < -0.3 is 14.8 Å². The first-order chi connectivity index (χ1) is 9.61. The third-order valence-electron chi connectivity index (χ3n) is 3.59. The summed E-state index contributed by atoms with van der Waals surface area (Å²) in [5.74, 6) is -0.290. The number of piperidine rings is 1. The Hall–Kier alpha value is -1.14. The van der Waals surface area contributed by atoms with Crippen LogP contribution in [0.1, 0.15) is 33.1 Å². The van der Waals surface area contributed by atoms with E-state index in [0.717, 1.165) is 25.8 Å². The molecular formula is C14H26N2O4. The molecule has 0 aliphatic carbocycles. The average molecular weight is 286 g/mol. The van der Waals surface area contributed by atoms with Crippen molar-refractivity contribution in [2.45, 2.75) is 45.2 Å². The molecule has 0 saturated carbocycles. The largest absolute Gasteiger partial charge is 0.465 e. The number of esters is 1. The van der Waals surface area contributed by atoms with Gasteiger partial charge in [0.2, 0.25) is 5.91 Å². The normalized spacial score (nSPS) is 21.2. The number of nitrogens with one attached hydrogen (secondary N) is 1. The second-order valence-corrected chi connectivity index (χ2v) is 4.96. The van der Waals surface area contributed by atoms with Gasteiger partial charge in [0.25, 0.3) is 0 Å². The molecule has 20 heavy (non-hydrogen) atoms. The standard InChI is InChI=1S/C14H26N2O4/c1-4-20-14(18)12-7-5-6-9-16(12)11(2)13(17)15-8-10-19-3/h11-12H,4-10H2,1-3H3,(H,15,17). The first-order valence-corrected chi connectivity index (χ1v) is 7.30. The fourth-order valence-corrected chi connectivity index (χ4v) is 2.48. The molecule has 1 aliphatic heterocycles. The van der Waals surface area contributed by atoms with Gasteiger partial charge in [0.05, 0.1) is 19.3 Å². The van der Waals surface area contributed by atoms with Crippen LogP contribution in [0.2, 0.25) is 0 Å². The van der Waals surface area contributed by atoms with Gasteiger partial charge in [0.1, 0.15) is 6.04 Å². The summed E-state index contributed by atoms with van der Waals surface area (Å²) in [5, 5.41) is 2.81. The summed E-state index contributed by atoms with van der Waals surface area (Å²) in [4.78, 5) is 26.0. The van der Waals surface area contributed by atoms with Gasteiger partial charge >= 0.3 is 5.97 Å². The zero-order valence-electron chi connectivity index (χ0n) is 12.7. The van der Waals surface area contributed by atoms with E-state index >= 15 is 0 Å². The Bertz CT molecular complexity index is 322. The second-order valence-electron chi connectivity index (χ2n) is 4.96. The molecule has 0 bridgehead atoms. The van der Waals surface area contributed by atoms with Crippen molar-refractivity contribution in [2.24, 2.45) is 0 Å². The maximum absolute atomic E-state index is 12.1. The Labute approximate surface area is 120 Å². The van der Waals surface area contributed by atoms with Crippen LogP contribution in [0, 0.1) is 0 Å². The summed E-state index contributed by atoms with van der Waals surface area (Å²) in [5.41, 5.74) is 0. The molecule has 1 amide bonds. The van der Waals surface area contributed by atoms with E-state index < -0.39 is 0 Å². The topological polar surface area (TPSA) is 67.9 Å². The van der Waals surface area contributed by atoms with E-state index in [9.17, 15) is 9.59 Å². The molecule has 1 heterocycles. The molecule has 0 spiro atoms. The van der Waals surface area contributed by atoms with Gasteiger partial charge in [-0.05, 0) is 33.2 Å². The molecule has 1 rings (SSSR count). The van der Waals surface area contributed by atoms with Crippen LogP contribution >= 0.6 is 0 Å². The first kappa shape index (κ1) is 16.9. The van der Waals surface area contributed by atoms with E-state index in [2.05, 4.69) is 5.32 Å². The van der Waals surface area contributed by atoms with E-state index in [0.29, 0.717) is 19.8 Å². The Morgan fingerprint density at radius 1 is 1.40 bits per heavy atom. The van der Waals surface area contributed by atoms with Crippen LogP contribution in [0.25, 0.3) is 0 Å². The highest BCUT2D eigenvalue weighted by Gasteiger charge is 2.35. The van der Waals surface area contributed by atoms with Gasteiger partial charge in [-0.3, -0.25) is 14.5 Å². The number of amides is 1.